The summed E-state index contributed by atoms with van der Waals surface area (Å²) in [6.45, 7) is 4.09. The second-order valence-corrected chi connectivity index (χ2v) is 5.61. The molecular weight excluding hydrogens is 260 g/mol. The van der Waals surface area contributed by atoms with E-state index < -0.39 is 6.10 Å². The van der Waals surface area contributed by atoms with Crippen LogP contribution in [-0.2, 0) is 13.5 Å². The number of hydrogen-bond acceptors (Lipinski definition) is 2. The number of aryl methyl sites for hydroxylation is 3. The Morgan fingerprint density at radius 1 is 1.05 bits per heavy atom. The quantitative estimate of drug-likeness (QED) is 0.797. The summed E-state index contributed by atoms with van der Waals surface area (Å²) < 4.78 is 1.88. The van der Waals surface area contributed by atoms with Crippen molar-refractivity contribution in [3.05, 3.63) is 64.8 Å². The second-order valence-electron chi connectivity index (χ2n) is 5.61. The lowest BCUT2D eigenvalue weighted by atomic mass is 9.95. The maximum atomic E-state index is 10.7. The molecule has 3 heteroatoms. The van der Waals surface area contributed by atoms with Gasteiger partial charge < -0.3 is 5.11 Å². The average molecular weight is 280 g/mol. The molecule has 1 unspecified atom stereocenters. The number of benzene rings is 2. The Labute approximate surface area is 124 Å². The van der Waals surface area contributed by atoms with Gasteiger partial charge in [0, 0.05) is 18.9 Å². The molecule has 1 N–H and O–H groups in total. The van der Waals surface area contributed by atoms with E-state index >= 15 is 0 Å². The molecule has 0 amide bonds. The molecule has 0 aliphatic heterocycles. The first-order valence-corrected chi connectivity index (χ1v) is 7.22. The number of aromatic nitrogens is 2. The van der Waals surface area contributed by atoms with Crippen LogP contribution in [0.4, 0.5) is 0 Å². The Hall–Kier alpha value is -2.13. The molecule has 1 aromatic heterocycles. The van der Waals surface area contributed by atoms with Crippen LogP contribution in [-0.4, -0.2) is 14.9 Å². The van der Waals surface area contributed by atoms with Crippen molar-refractivity contribution in [3.8, 4) is 0 Å². The molecule has 0 spiro atoms. The minimum absolute atomic E-state index is 0.524. The van der Waals surface area contributed by atoms with E-state index in [0.717, 1.165) is 33.3 Å². The number of hydrogen-bond donors (Lipinski definition) is 1. The topological polar surface area (TPSA) is 38.1 Å². The van der Waals surface area contributed by atoms with Crippen molar-refractivity contribution in [1.82, 2.24) is 9.78 Å². The summed E-state index contributed by atoms with van der Waals surface area (Å²) in [6.07, 6.45) is 0.0112. The third kappa shape index (κ3) is 2.45. The van der Waals surface area contributed by atoms with Gasteiger partial charge in [-0.1, -0.05) is 36.4 Å². The van der Waals surface area contributed by atoms with Gasteiger partial charge in [-0.2, -0.15) is 5.10 Å². The van der Waals surface area contributed by atoms with E-state index in [1.165, 1.54) is 0 Å². The second kappa shape index (κ2) is 5.34. The Morgan fingerprint density at radius 3 is 2.43 bits per heavy atom. The van der Waals surface area contributed by atoms with Crippen LogP contribution in [0.15, 0.2) is 42.5 Å². The third-order valence-corrected chi connectivity index (χ3v) is 4.10. The Kier molecular flexibility index (Phi) is 3.52. The third-order valence-electron chi connectivity index (χ3n) is 4.10. The summed E-state index contributed by atoms with van der Waals surface area (Å²) in [6, 6.07) is 14.3. The van der Waals surface area contributed by atoms with Crippen LogP contribution < -0.4 is 0 Å². The molecule has 0 aliphatic carbocycles. The molecule has 0 fully saturated rings. The molecule has 3 rings (SSSR count). The van der Waals surface area contributed by atoms with E-state index in [0.29, 0.717) is 6.42 Å². The van der Waals surface area contributed by atoms with Crippen molar-refractivity contribution in [3.63, 3.8) is 0 Å². The first-order chi connectivity index (χ1) is 10.1. The minimum atomic E-state index is -0.524. The lowest BCUT2D eigenvalue weighted by Gasteiger charge is -2.15. The van der Waals surface area contributed by atoms with Crippen LogP contribution >= 0.6 is 0 Å². The Bertz CT molecular complexity index is 769. The van der Waals surface area contributed by atoms with Gasteiger partial charge in [0.05, 0.1) is 17.3 Å². The van der Waals surface area contributed by atoms with E-state index in [-0.39, 0.29) is 0 Å². The van der Waals surface area contributed by atoms with E-state index in [2.05, 4.69) is 17.2 Å². The highest BCUT2D eigenvalue weighted by Gasteiger charge is 2.17. The predicted molar refractivity (Wildman–Crippen MR) is 85.3 cm³/mol. The zero-order chi connectivity index (χ0) is 15.0. The highest BCUT2D eigenvalue weighted by atomic mass is 16.3. The minimum Gasteiger partial charge on any atom is -0.388 e. The van der Waals surface area contributed by atoms with Gasteiger partial charge in [0.2, 0.25) is 0 Å². The van der Waals surface area contributed by atoms with Gasteiger partial charge in [-0.15, -0.1) is 0 Å². The van der Waals surface area contributed by atoms with Crippen LogP contribution in [0.2, 0.25) is 0 Å². The van der Waals surface area contributed by atoms with E-state index in [4.69, 9.17) is 0 Å². The van der Waals surface area contributed by atoms with Crippen LogP contribution in [0.25, 0.3) is 10.9 Å². The molecule has 0 radical (unpaired) electrons. The lowest BCUT2D eigenvalue weighted by molar-refractivity contribution is 0.176. The maximum Gasteiger partial charge on any atom is 0.0851 e. The van der Waals surface area contributed by atoms with Crippen molar-refractivity contribution in [2.24, 2.45) is 7.05 Å². The van der Waals surface area contributed by atoms with Crippen LogP contribution in [0.5, 0.6) is 0 Å². The fourth-order valence-corrected chi connectivity index (χ4v) is 3.08. The number of para-hydroxylation sites is 1. The largest absolute Gasteiger partial charge is 0.388 e. The van der Waals surface area contributed by atoms with Crippen LogP contribution in [0, 0.1) is 13.8 Å². The summed E-state index contributed by atoms with van der Waals surface area (Å²) in [4.78, 5) is 0. The molecule has 3 nitrogen and oxygen atoms in total. The Morgan fingerprint density at radius 2 is 1.71 bits per heavy atom. The lowest BCUT2D eigenvalue weighted by Crippen LogP contribution is -2.07. The molecule has 0 saturated heterocycles. The van der Waals surface area contributed by atoms with Crippen molar-refractivity contribution in [2.45, 2.75) is 26.4 Å². The zero-order valence-electron chi connectivity index (χ0n) is 12.7. The van der Waals surface area contributed by atoms with Gasteiger partial charge in [0.1, 0.15) is 0 Å². The summed E-state index contributed by atoms with van der Waals surface area (Å²) in [5.41, 5.74) is 5.32. The van der Waals surface area contributed by atoms with Crippen LogP contribution in [0.1, 0.15) is 28.5 Å². The molecule has 0 saturated carbocycles. The predicted octanol–water partition coefficient (Wildman–Crippen LogP) is 3.47. The first kappa shape index (κ1) is 13.8. The van der Waals surface area contributed by atoms with Gasteiger partial charge in [-0.05, 0) is 36.6 Å². The number of nitrogens with zero attached hydrogens (tertiary/aromatic N) is 2. The number of aliphatic hydroxyl groups is 1. The molecule has 3 aromatic rings. The molecule has 0 bridgehead atoms. The van der Waals surface area contributed by atoms with E-state index in [9.17, 15) is 5.11 Å². The highest BCUT2D eigenvalue weighted by molar-refractivity contribution is 5.81. The highest BCUT2D eigenvalue weighted by Crippen LogP contribution is 2.27. The summed E-state index contributed by atoms with van der Waals surface area (Å²) in [7, 11) is 1.94. The van der Waals surface area contributed by atoms with Crippen molar-refractivity contribution in [1.29, 1.82) is 0 Å². The molecule has 0 aliphatic rings. The first-order valence-electron chi connectivity index (χ1n) is 7.22. The summed E-state index contributed by atoms with van der Waals surface area (Å²) >= 11 is 0. The van der Waals surface area contributed by atoms with Crippen molar-refractivity contribution < 1.29 is 5.11 Å². The van der Waals surface area contributed by atoms with Crippen molar-refractivity contribution in [2.75, 3.05) is 0 Å². The molecule has 21 heavy (non-hydrogen) atoms. The summed E-state index contributed by atoms with van der Waals surface area (Å²) in [5, 5.41) is 16.3. The standard InChI is InChI=1S/C18H20N2O/c1-12-7-6-8-13(2)18(12)17(21)11-15-14-9-4-5-10-16(14)20(3)19-15/h4-10,17,21H,11H2,1-3H3. The molecular formula is C18H20N2O. The van der Waals surface area contributed by atoms with E-state index in [1.54, 1.807) is 0 Å². The fourth-order valence-electron chi connectivity index (χ4n) is 3.08. The Balaban J connectivity index is 1.99. The van der Waals surface area contributed by atoms with Gasteiger partial charge in [0.15, 0.2) is 0 Å². The molecule has 1 heterocycles. The number of rotatable bonds is 3. The summed E-state index contributed by atoms with van der Waals surface area (Å²) in [5.74, 6) is 0. The molecule has 2 aromatic carbocycles. The van der Waals surface area contributed by atoms with Gasteiger partial charge >= 0.3 is 0 Å². The normalized spacial score (nSPS) is 12.8. The SMILES string of the molecule is Cc1cccc(C)c1C(O)Cc1nn(C)c2ccccc12. The van der Waals surface area contributed by atoms with Gasteiger partial charge in [-0.3, -0.25) is 4.68 Å². The van der Waals surface area contributed by atoms with Gasteiger partial charge in [0.25, 0.3) is 0 Å². The van der Waals surface area contributed by atoms with E-state index in [1.807, 2.05) is 55.9 Å². The molecule has 1 atom stereocenters. The fraction of sp³-hybridized carbons (Fsp3) is 0.278. The maximum absolute atomic E-state index is 10.7. The van der Waals surface area contributed by atoms with Crippen LogP contribution in [0.3, 0.4) is 0 Å². The smallest absolute Gasteiger partial charge is 0.0851 e. The van der Waals surface area contributed by atoms with Gasteiger partial charge in [-0.25, -0.2) is 0 Å². The molecule has 108 valence electrons. The zero-order valence-corrected chi connectivity index (χ0v) is 12.7. The monoisotopic (exact) mass is 280 g/mol. The average Bonchev–Trinajstić information content (AvgIpc) is 2.76. The van der Waals surface area contributed by atoms with Crippen molar-refractivity contribution >= 4 is 10.9 Å². The number of aliphatic hydroxyl groups excluding tert-OH is 1. The number of fused-ring (bicyclic) bond motifs is 1.